The molecule has 156 valence electrons. The summed E-state index contributed by atoms with van der Waals surface area (Å²) in [5.41, 5.74) is 6.07. The highest BCUT2D eigenvalue weighted by molar-refractivity contribution is 5.80. The van der Waals surface area contributed by atoms with Gasteiger partial charge in [0.15, 0.2) is 12.6 Å². The summed E-state index contributed by atoms with van der Waals surface area (Å²) in [4.78, 5) is 17.9. The van der Waals surface area contributed by atoms with Gasteiger partial charge in [-0.25, -0.2) is 4.99 Å². The molecule has 2 rings (SSSR count). The summed E-state index contributed by atoms with van der Waals surface area (Å²) in [5.74, 6) is 0.784. The van der Waals surface area contributed by atoms with Crippen LogP contribution >= 0.6 is 0 Å². The van der Waals surface area contributed by atoms with Crippen molar-refractivity contribution in [3.8, 4) is 5.75 Å². The molecule has 0 aliphatic carbocycles. The topological polar surface area (TPSA) is 80.0 Å². The van der Waals surface area contributed by atoms with Crippen LogP contribution in [-0.4, -0.2) is 49.2 Å². The van der Waals surface area contributed by atoms with E-state index in [-0.39, 0.29) is 17.6 Å². The molecule has 6 nitrogen and oxygen atoms in total. The van der Waals surface area contributed by atoms with Crippen molar-refractivity contribution in [2.75, 3.05) is 26.2 Å². The first-order valence-corrected chi connectivity index (χ1v) is 9.37. The van der Waals surface area contributed by atoms with Crippen LogP contribution in [0.2, 0.25) is 0 Å². The zero-order chi connectivity index (χ0) is 20.6. The first-order chi connectivity index (χ1) is 13.3. The van der Waals surface area contributed by atoms with E-state index in [2.05, 4.69) is 15.2 Å². The Morgan fingerprint density at radius 1 is 1.43 bits per heavy atom. The maximum atomic E-state index is 12.3. The molecule has 0 radical (unpaired) electrons. The molecule has 0 saturated carbocycles. The molecule has 1 aromatic rings. The maximum Gasteiger partial charge on any atom is 0.422 e. The molecule has 1 unspecified atom stereocenters. The summed E-state index contributed by atoms with van der Waals surface area (Å²) in [6.45, 7) is 3.16. The molecule has 0 spiro atoms. The molecule has 0 bridgehead atoms. The van der Waals surface area contributed by atoms with Crippen LogP contribution in [0.25, 0.3) is 0 Å². The quantitative estimate of drug-likeness (QED) is 0.545. The number of ether oxygens (including phenoxy) is 1. The van der Waals surface area contributed by atoms with Crippen LogP contribution in [0.3, 0.4) is 0 Å². The summed E-state index contributed by atoms with van der Waals surface area (Å²) in [6, 6.07) is 6.49. The van der Waals surface area contributed by atoms with Gasteiger partial charge in [0, 0.05) is 26.1 Å². The number of benzene rings is 1. The van der Waals surface area contributed by atoms with E-state index in [4.69, 9.17) is 10.5 Å². The second-order valence-electron chi connectivity index (χ2n) is 6.85. The fraction of sp³-hybridized carbons (Fsp3) is 0.579. The number of alkyl halides is 3. The zero-order valence-electron chi connectivity index (χ0n) is 16.0. The van der Waals surface area contributed by atoms with Gasteiger partial charge in [-0.3, -0.25) is 4.79 Å². The lowest BCUT2D eigenvalue weighted by Crippen LogP contribution is -2.47. The van der Waals surface area contributed by atoms with Crippen molar-refractivity contribution < 1.29 is 22.7 Å². The predicted octanol–water partition coefficient (Wildman–Crippen LogP) is 2.68. The summed E-state index contributed by atoms with van der Waals surface area (Å²) < 4.78 is 41.7. The van der Waals surface area contributed by atoms with Crippen molar-refractivity contribution in [2.24, 2.45) is 16.6 Å². The molecular formula is C19H27F3N4O2. The molecule has 9 heteroatoms. The molecule has 1 heterocycles. The van der Waals surface area contributed by atoms with E-state index in [0.717, 1.165) is 30.9 Å². The lowest BCUT2D eigenvalue weighted by Gasteiger charge is -2.34. The van der Waals surface area contributed by atoms with E-state index >= 15 is 0 Å². The van der Waals surface area contributed by atoms with E-state index in [1.807, 2.05) is 6.92 Å². The van der Waals surface area contributed by atoms with E-state index in [1.165, 1.54) is 6.07 Å². The van der Waals surface area contributed by atoms with Gasteiger partial charge < -0.3 is 20.7 Å². The first kappa shape index (κ1) is 21.8. The maximum absolute atomic E-state index is 12.3. The van der Waals surface area contributed by atoms with Gasteiger partial charge in [0.05, 0.1) is 6.54 Å². The molecule has 3 N–H and O–H groups in total. The number of nitrogens with two attached hydrogens (primary N) is 1. The summed E-state index contributed by atoms with van der Waals surface area (Å²) >= 11 is 0. The molecule has 1 saturated heterocycles. The molecule has 1 atom stereocenters. The zero-order valence-corrected chi connectivity index (χ0v) is 16.0. The third kappa shape index (κ3) is 7.66. The largest absolute Gasteiger partial charge is 0.484 e. The average molecular weight is 400 g/mol. The van der Waals surface area contributed by atoms with Crippen LogP contribution in [0.15, 0.2) is 29.3 Å². The van der Waals surface area contributed by atoms with Crippen molar-refractivity contribution in [3.05, 3.63) is 29.8 Å². The lowest BCUT2D eigenvalue weighted by molar-refractivity contribution is -0.153. The number of rotatable bonds is 7. The minimum atomic E-state index is -4.37. The predicted molar refractivity (Wildman–Crippen MR) is 101 cm³/mol. The molecule has 1 fully saturated rings. The monoisotopic (exact) mass is 400 g/mol. The van der Waals surface area contributed by atoms with Crippen LogP contribution in [0.5, 0.6) is 5.75 Å². The Kier molecular flexibility index (Phi) is 7.95. The number of piperidine rings is 1. The molecule has 28 heavy (non-hydrogen) atoms. The molecule has 1 aliphatic rings. The van der Waals surface area contributed by atoms with Crippen molar-refractivity contribution in [1.82, 2.24) is 10.2 Å². The van der Waals surface area contributed by atoms with Gasteiger partial charge in [0.25, 0.3) is 0 Å². The molecule has 0 aromatic heterocycles. The SMILES string of the molecule is CCNC(=NCc1cccc(OCC(F)(F)F)c1)N1CCCC(CC(N)=O)C1. The minimum Gasteiger partial charge on any atom is -0.484 e. The number of primary amides is 1. The van der Waals surface area contributed by atoms with Crippen LogP contribution in [-0.2, 0) is 11.3 Å². The number of amides is 1. The van der Waals surface area contributed by atoms with Crippen molar-refractivity contribution in [1.29, 1.82) is 0 Å². The van der Waals surface area contributed by atoms with Crippen LogP contribution in [0, 0.1) is 5.92 Å². The molecular weight excluding hydrogens is 373 g/mol. The highest BCUT2D eigenvalue weighted by Gasteiger charge is 2.28. The Balaban J connectivity index is 2.03. The van der Waals surface area contributed by atoms with E-state index in [9.17, 15) is 18.0 Å². The molecule has 1 aromatic carbocycles. The van der Waals surface area contributed by atoms with Crippen molar-refractivity contribution >= 4 is 11.9 Å². The third-order valence-electron chi connectivity index (χ3n) is 4.36. The number of hydrogen-bond donors (Lipinski definition) is 2. The van der Waals surface area contributed by atoms with E-state index in [1.54, 1.807) is 18.2 Å². The summed E-state index contributed by atoms with van der Waals surface area (Å²) in [7, 11) is 0. The number of hydrogen-bond acceptors (Lipinski definition) is 3. The van der Waals surface area contributed by atoms with Crippen molar-refractivity contribution in [2.45, 2.75) is 38.9 Å². The average Bonchev–Trinajstić information content (AvgIpc) is 2.63. The van der Waals surface area contributed by atoms with Gasteiger partial charge in [-0.05, 0) is 43.4 Å². The number of guanidine groups is 1. The lowest BCUT2D eigenvalue weighted by atomic mass is 9.95. The van der Waals surface area contributed by atoms with Gasteiger partial charge in [-0.15, -0.1) is 0 Å². The van der Waals surface area contributed by atoms with Gasteiger partial charge in [0.2, 0.25) is 5.91 Å². The van der Waals surface area contributed by atoms with Crippen molar-refractivity contribution in [3.63, 3.8) is 0 Å². The number of carbonyl (C=O) groups excluding carboxylic acids is 1. The highest BCUT2D eigenvalue weighted by Crippen LogP contribution is 2.21. The van der Waals surface area contributed by atoms with E-state index in [0.29, 0.717) is 26.1 Å². The first-order valence-electron chi connectivity index (χ1n) is 9.37. The number of nitrogens with zero attached hydrogens (tertiary/aromatic N) is 2. The Bertz CT molecular complexity index is 679. The summed E-state index contributed by atoms with van der Waals surface area (Å²) in [5, 5.41) is 3.24. The number of halogens is 3. The van der Waals surface area contributed by atoms with Gasteiger partial charge in [-0.2, -0.15) is 13.2 Å². The Morgan fingerprint density at radius 3 is 2.89 bits per heavy atom. The van der Waals surface area contributed by atoms with Gasteiger partial charge in [-0.1, -0.05) is 12.1 Å². The normalized spacial score (nSPS) is 18.1. The number of aliphatic imine (C=N–C) groups is 1. The van der Waals surface area contributed by atoms with Crippen LogP contribution in [0.4, 0.5) is 13.2 Å². The van der Waals surface area contributed by atoms with E-state index < -0.39 is 12.8 Å². The molecule has 1 aliphatic heterocycles. The van der Waals surface area contributed by atoms with Crippen LogP contribution < -0.4 is 15.8 Å². The highest BCUT2D eigenvalue weighted by atomic mass is 19.4. The second kappa shape index (κ2) is 10.2. The number of carbonyl (C=O) groups is 1. The standard InChI is InChI=1S/C19H27F3N4O2/c1-2-24-18(26-8-4-6-15(12-26)10-17(23)27)25-11-14-5-3-7-16(9-14)28-13-19(20,21)22/h3,5,7,9,15H,2,4,6,8,10-13H2,1H3,(H2,23,27)(H,24,25). The number of nitrogens with one attached hydrogen (secondary N) is 1. The Labute approximate surface area is 162 Å². The third-order valence-corrected chi connectivity index (χ3v) is 4.36. The fourth-order valence-electron chi connectivity index (χ4n) is 3.20. The Morgan fingerprint density at radius 2 is 2.21 bits per heavy atom. The fourth-order valence-corrected chi connectivity index (χ4v) is 3.20. The molecule has 1 amide bonds. The summed E-state index contributed by atoms with van der Waals surface area (Å²) in [6.07, 6.45) is -2.11. The second-order valence-corrected chi connectivity index (χ2v) is 6.85. The smallest absolute Gasteiger partial charge is 0.422 e. The minimum absolute atomic E-state index is 0.162. The van der Waals surface area contributed by atoms with Crippen LogP contribution in [0.1, 0.15) is 31.7 Å². The van der Waals surface area contributed by atoms with Gasteiger partial charge in [0.1, 0.15) is 5.75 Å². The number of likely N-dealkylation sites (tertiary alicyclic amines) is 1. The Hall–Kier alpha value is -2.45. The van der Waals surface area contributed by atoms with Gasteiger partial charge >= 0.3 is 6.18 Å².